The molecule has 8 rings (SSSR count). The molecule has 0 amide bonds. The Hall–Kier alpha value is -6.00. The van der Waals surface area contributed by atoms with Gasteiger partial charge in [-0.15, -0.1) is 0 Å². The fourth-order valence-electron chi connectivity index (χ4n) is 6.64. The third-order valence-corrected chi connectivity index (χ3v) is 9.03. The second-order valence-electron chi connectivity index (χ2n) is 11.9. The van der Waals surface area contributed by atoms with Crippen LogP contribution in [0.5, 0.6) is 23.0 Å². The summed E-state index contributed by atoms with van der Waals surface area (Å²) in [7, 11) is 0. The van der Waals surface area contributed by atoms with Gasteiger partial charge in [0.15, 0.2) is 0 Å². The summed E-state index contributed by atoms with van der Waals surface area (Å²) >= 11 is 0. The van der Waals surface area contributed by atoms with Gasteiger partial charge in [-0.2, -0.15) is 0 Å². The van der Waals surface area contributed by atoms with Crippen molar-refractivity contribution >= 4 is 39.0 Å². The molecule has 1 aliphatic rings. The van der Waals surface area contributed by atoms with Crippen LogP contribution in [0.3, 0.4) is 0 Å². The van der Waals surface area contributed by atoms with Crippen molar-refractivity contribution in [1.29, 1.82) is 0 Å². The Morgan fingerprint density at radius 1 is 0.457 bits per heavy atom. The lowest BCUT2D eigenvalue weighted by molar-refractivity contribution is 0.481. The molecule has 4 heteroatoms. The molecule has 0 spiro atoms. The van der Waals surface area contributed by atoms with Crippen molar-refractivity contribution in [2.24, 2.45) is 0 Å². The van der Waals surface area contributed by atoms with Crippen molar-refractivity contribution in [2.45, 2.75) is 11.8 Å². The second-order valence-corrected chi connectivity index (χ2v) is 11.9. The molecule has 222 valence electrons. The van der Waals surface area contributed by atoms with Crippen LogP contribution in [0.1, 0.15) is 22.3 Å². The maximum Gasteiger partial charge on any atom is 0.127 e. The number of fused-ring (bicyclic) bond motifs is 5. The number of benzene rings is 7. The molecule has 7 aromatic carbocycles. The van der Waals surface area contributed by atoms with Crippen LogP contribution in [0, 0.1) is 0 Å². The lowest BCUT2D eigenvalue weighted by Gasteiger charge is -2.36. The van der Waals surface area contributed by atoms with Gasteiger partial charge in [-0.25, -0.2) is 0 Å². The van der Waals surface area contributed by atoms with E-state index in [4.69, 9.17) is 20.9 Å². The Bertz CT molecular complexity index is 2130. The van der Waals surface area contributed by atoms with Crippen LogP contribution < -0.4 is 20.9 Å². The summed E-state index contributed by atoms with van der Waals surface area (Å²) in [5, 5.41) is 5.09. The van der Waals surface area contributed by atoms with Crippen LogP contribution in [0.4, 0.5) is 11.4 Å². The van der Waals surface area contributed by atoms with E-state index in [1.807, 2.05) is 72.8 Å². The fourth-order valence-corrected chi connectivity index (χ4v) is 6.64. The third kappa shape index (κ3) is 5.00. The second kappa shape index (κ2) is 11.2. The van der Waals surface area contributed by atoms with Gasteiger partial charge in [0.1, 0.15) is 23.0 Å². The van der Waals surface area contributed by atoms with E-state index in [9.17, 15) is 0 Å². The standard InChI is InChI=1S/C42H32N2O2/c43-32-11-19-36(20-12-32)45-34-15-7-30(8-16-34)42(31-9-17-35(18-10-31)46-37-21-13-33(44)14-22-37)26-25-39-29(27-42)6-24-40-38-4-2-1-3-28(38)5-23-41(39)40/h1-26H,27,43-44H2. The maximum absolute atomic E-state index is 6.14. The Labute approximate surface area is 268 Å². The average Bonchev–Trinajstić information content (AvgIpc) is 3.10. The molecule has 0 aromatic heterocycles. The lowest BCUT2D eigenvalue weighted by Crippen LogP contribution is -2.30. The van der Waals surface area contributed by atoms with Crippen molar-refractivity contribution in [3.8, 4) is 23.0 Å². The van der Waals surface area contributed by atoms with Crippen LogP contribution in [-0.2, 0) is 11.8 Å². The molecule has 0 saturated heterocycles. The summed E-state index contributed by atoms with van der Waals surface area (Å²) in [5.74, 6) is 3.04. The highest BCUT2D eigenvalue weighted by molar-refractivity contribution is 6.10. The molecule has 0 aliphatic heterocycles. The summed E-state index contributed by atoms with van der Waals surface area (Å²) in [5.41, 5.74) is 17.7. The SMILES string of the molecule is Nc1ccc(Oc2ccc(C3(c4ccc(Oc5ccc(N)cc5)cc4)C=Cc4c(ccc5c4ccc4ccccc45)C3)cc2)cc1. The van der Waals surface area contributed by atoms with Gasteiger partial charge in [-0.3, -0.25) is 0 Å². The summed E-state index contributed by atoms with van der Waals surface area (Å²) in [6.45, 7) is 0. The van der Waals surface area contributed by atoms with E-state index >= 15 is 0 Å². The number of rotatable bonds is 6. The topological polar surface area (TPSA) is 70.5 Å². The first-order chi connectivity index (χ1) is 22.5. The van der Waals surface area contributed by atoms with Gasteiger partial charge < -0.3 is 20.9 Å². The highest BCUT2D eigenvalue weighted by Crippen LogP contribution is 2.45. The van der Waals surface area contributed by atoms with Crippen molar-refractivity contribution in [3.63, 3.8) is 0 Å². The zero-order valence-electron chi connectivity index (χ0n) is 25.2. The first-order valence-corrected chi connectivity index (χ1v) is 15.4. The zero-order valence-corrected chi connectivity index (χ0v) is 25.2. The molecule has 0 heterocycles. The predicted molar refractivity (Wildman–Crippen MR) is 190 cm³/mol. The van der Waals surface area contributed by atoms with Crippen LogP contribution >= 0.6 is 0 Å². The largest absolute Gasteiger partial charge is 0.457 e. The minimum Gasteiger partial charge on any atom is -0.457 e. The molecule has 7 aromatic rings. The van der Waals surface area contributed by atoms with Crippen molar-refractivity contribution in [3.05, 3.63) is 174 Å². The number of hydrogen-bond donors (Lipinski definition) is 2. The molecule has 4 nitrogen and oxygen atoms in total. The summed E-state index contributed by atoms with van der Waals surface area (Å²) in [6, 6.07) is 49.5. The lowest BCUT2D eigenvalue weighted by atomic mass is 9.67. The molecule has 0 saturated carbocycles. The molecule has 0 radical (unpaired) electrons. The minimum atomic E-state index is -0.392. The third-order valence-electron chi connectivity index (χ3n) is 9.03. The molecular formula is C42H32N2O2. The molecule has 0 bridgehead atoms. The maximum atomic E-state index is 6.14. The van der Waals surface area contributed by atoms with E-state index < -0.39 is 5.41 Å². The quantitative estimate of drug-likeness (QED) is 0.148. The summed E-state index contributed by atoms with van der Waals surface area (Å²) < 4.78 is 12.3. The van der Waals surface area contributed by atoms with Crippen LogP contribution in [0.2, 0.25) is 0 Å². The van der Waals surface area contributed by atoms with E-state index in [0.29, 0.717) is 11.4 Å². The average molecular weight is 597 g/mol. The number of allylic oxidation sites excluding steroid dienone is 1. The number of nitrogens with two attached hydrogens (primary N) is 2. The van der Waals surface area contributed by atoms with Crippen LogP contribution in [0.25, 0.3) is 27.6 Å². The molecule has 0 atom stereocenters. The number of hydrogen-bond acceptors (Lipinski definition) is 4. The Balaban J connectivity index is 1.19. The van der Waals surface area contributed by atoms with E-state index in [1.165, 1.54) is 43.8 Å². The van der Waals surface area contributed by atoms with Gasteiger partial charge in [0.05, 0.1) is 0 Å². The molecule has 4 N–H and O–H groups in total. The first-order valence-electron chi connectivity index (χ1n) is 15.4. The van der Waals surface area contributed by atoms with Crippen LogP contribution in [-0.4, -0.2) is 0 Å². The normalized spacial score (nSPS) is 13.4. The molecule has 46 heavy (non-hydrogen) atoms. The summed E-state index contributed by atoms with van der Waals surface area (Å²) in [6.07, 6.45) is 5.50. The van der Waals surface area contributed by atoms with Gasteiger partial charge >= 0.3 is 0 Å². The molecule has 1 aliphatic carbocycles. The Morgan fingerprint density at radius 3 is 1.52 bits per heavy atom. The predicted octanol–water partition coefficient (Wildman–Crippen LogP) is 10.3. The number of anilines is 2. The monoisotopic (exact) mass is 596 g/mol. The number of ether oxygens (including phenoxy) is 2. The minimum absolute atomic E-state index is 0.392. The Kier molecular flexibility index (Phi) is 6.69. The smallest absolute Gasteiger partial charge is 0.127 e. The van der Waals surface area contributed by atoms with Gasteiger partial charge in [0, 0.05) is 16.8 Å². The molecular weight excluding hydrogens is 564 g/mol. The van der Waals surface area contributed by atoms with Crippen molar-refractivity contribution < 1.29 is 9.47 Å². The first kappa shape index (κ1) is 27.5. The van der Waals surface area contributed by atoms with Gasteiger partial charge in [0.2, 0.25) is 0 Å². The highest BCUT2D eigenvalue weighted by atomic mass is 16.5. The molecule has 0 unspecified atom stereocenters. The van der Waals surface area contributed by atoms with Crippen molar-refractivity contribution in [1.82, 2.24) is 0 Å². The van der Waals surface area contributed by atoms with Gasteiger partial charge in [0.25, 0.3) is 0 Å². The van der Waals surface area contributed by atoms with E-state index in [2.05, 4.69) is 84.9 Å². The van der Waals surface area contributed by atoms with Gasteiger partial charge in [-0.05, 0) is 123 Å². The zero-order chi connectivity index (χ0) is 31.1. The van der Waals surface area contributed by atoms with E-state index in [-0.39, 0.29) is 0 Å². The van der Waals surface area contributed by atoms with Crippen molar-refractivity contribution in [2.75, 3.05) is 11.5 Å². The van der Waals surface area contributed by atoms with Gasteiger partial charge in [-0.1, -0.05) is 84.9 Å². The highest BCUT2D eigenvalue weighted by Gasteiger charge is 2.35. The summed E-state index contributed by atoms with van der Waals surface area (Å²) in [4.78, 5) is 0. The van der Waals surface area contributed by atoms with Crippen LogP contribution in [0.15, 0.2) is 152 Å². The Morgan fingerprint density at radius 2 is 0.957 bits per heavy atom. The van der Waals surface area contributed by atoms with E-state index in [1.54, 1.807) is 0 Å². The number of nitrogen functional groups attached to an aromatic ring is 2. The molecule has 0 fully saturated rings. The fraction of sp³-hybridized carbons (Fsp3) is 0.0476. The van der Waals surface area contributed by atoms with E-state index in [0.717, 1.165) is 29.4 Å².